The Kier molecular flexibility index (Phi) is 5.62. The van der Waals surface area contributed by atoms with Gasteiger partial charge in [0.15, 0.2) is 0 Å². The zero-order chi connectivity index (χ0) is 18.7. The predicted molar refractivity (Wildman–Crippen MR) is 103 cm³/mol. The van der Waals surface area contributed by atoms with Crippen molar-refractivity contribution < 1.29 is 9.53 Å². The van der Waals surface area contributed by atoms with Gasteiger partial charge in [0, 0.05) is 44.1 Å². The highest BCUT2D eigenvalue weighted by Gasteiger charge is 2.48. The highest BCUT2D eigenvalue weighted by atomic mass is 16.5. The Bertz CT molecular complexity index is 644. The summed E-state index contributed by atoms with van der Waals surface area (Å²) in [5, 5.41) is 0. The molecule has 6 nitrogen and oxygen atoms in total. The first-order valence-corrected chi connectivity index (χ1v) is 10.6. The second-order valence-electron chi connectivity index (χ2n) is 8.68. The SMILES string of the molecule is COc1ncc(CN2CCC3(CCCN(CC4CCCCC4)C3=O)C2)cn1. The number of nitrogens with zero attached hydrogens (tertiary/aromatic N) is 4. The van der Waals surface area contributed by atoms with Gasteiger partial charge in [0.2, 0.25) is 5.91 Å². The third-order valence-electron chi connectivity index (χ3n) is 6.73. The number of hydrogen-bond donors (Lipinski definition) is 0. The van der Waals surface area contributed by atoms with Crippen molar-refractivity contribution >= 4 is 5.91 Å². The summed E-state index contributed by atoms with van der Waals surface area (Å²) in [6.07, 6.45) is 13.5. The van der Waals surface area contributed by atoms with Gasteiger partial charge in [-0.05, 0) is 44.6 Å². The number of ether oxygens (including phenoxy) is 1. The van der Waals surface area contributed by atoms with Crippen LogP contribution in [0.15, 0.2) is 12.4 Å². The van der Waals surface area contributed by atoms with Crippen LogP contribution in [0.5, 0.6) is 6.01 Å². The standard InChI is InChI=1S/C21H32N4O2/c1-27-20-22-12-18(13-23-20)14-24-11-9-21(16-24)8-5-10-25(19(21)26)15-17-6-3-2-4-7-17/h12-13,17H,2-11,14-16H2,1H3. The Morgan fingerprint density at radius 2 is 1.89 bits per heavy atom. The van der Waals surface area contributed by atoms with Crippen molar-refractivity contribution in [2.24, 2.45) is 11.3 Å². The molecular weight excluding hydrogens is 340 g/mol. The van der Waals surface area contributed by atoms with E-state index in [2.05, 4.69) is 19.8 Å². The maximum absolute atomic E-state index is 13.4. The Labute approximate surface area is 162 Å². The van der Waals surface area contributed by atoms with Crippen molar-refractivity contribution in [3.63, 3.8) is 0 Å². The monoisotopic (exact) mass is 372 g/mol. The van der Waals surface area contributed by atoms with Gasteiger partial charge in [-0.15, -0.1) is 0 Å². The third-order valence-corrected chi connectivity index (χ3v) is 6.73. The van der Waals surface area contributed by atoms with Crippen LogP contribution >= 0.6 is 0 Å². The third kappa shape index (κ3) is 4.10. The van der Waals surface area contributed by atoms with Crippen LogP contribution in [0.3, 0.4) is 0 Å². The maximum atomic E-state index is 13.4. The van der Waals surface area contributed by atoms with Crippen molar-refractivity contribution in [3.05, 3.63) is 18.0 Å². The lowest BCUT2D eigenvalue weighted by Crippen LogP contribution is -2.51. The lowest BCUT2D eigenvalue weighted by Gasteiger charge is -2.41. The zero-order valence-electron chi connectivity index (χ0n) is 16.5. The van der Waals surface area contributed by atoms with E-state index in [1.165, 1.54) is 32.1 Å². The molecule has 1 aromatic heterocycles. The number of carbonyl (C=O) groups is 1. The minimum atomic E-state index is -0.153. The number of carbonyl (C=O) groups excluding carboxylic acids is 1. The molecule has 1 amide bonds. The number of rotatable bonds is 5. The summed E-state index contributed by atoms with van der Waals surface area (Å²) in [5.41, 5.74) is 0.926. The quantitative estimate of drug-likeness (QED) is 0.795. The molecule has 3 heterocycles. The average Bonchev–Trinajstić information content (AvgIpc) is 3.10. The summed E-state index contributed by atoms with van der Waals surface area (Å²) >= 11 is 0. The maximum Gasteiger partial charge on any atom is 0.316 e. The van der Waals surface area contributed by atoms with Gasteiger partial charge < -0.3 is 9.64 Å². The number of methoxy groups -OCH3 is 1. The molecule has 2 aliphatic heterocycles. The number of amides is 1. The lowest BCUT2D eigenvalue weighted by atomic mass is 9.77. The van der Waals surface area contributed by atoms with Gasteiger partial charge in [0.05, 0.1) is 12.5 Å². The van der Waals surface area contributed by atoms with Crippen molar-refractivity contribution in [2.75, 3.05) is 33.3 Å². The van der Waals surface area contributed by atoms with Gasteiger partial charge in [-0.1, -0.05) is 19.3 Å². The van der Waals surface area contributed by atoms with Gasteiger partial charge in [0.25, 0.3) is 0 Å². The van der Waals surface area contributed by atoms with Crippen molar-refractivity contribution in [1.82, 2.24) is 19.8 Å². The lowest BCUT2D eigenvalue weighted by molar-refractivity contribution is -0.146. The zero-order valence-corrected chi connectivity index (χ0v) is 16.5. The number of piperidine rings is 1. The van der Waals surface area contributed by atoms with Crippen LogP contribution in [0.1, 0.15) is 56.9 Å². The Balaban J connectivity index is 1.36. The average molecular weight is 373 g/mol. The van der Waals surface area contributed by atoms with Gasteiger partial charge in [-0.25, -0.2) is 9.97 Å². The van der Waals surface area contributed by atoms with E-state index in [-0.39, 0.29) is 5.41 Å². The number of aromatic nitrogens is 2. The molecule has 1 atom stereocenters. The molecule has 1 spiro atoms. The first kappa shape index (κ1) is 18.7. The molecule has 0 bridgehead atoms. The van der Waals surface area contributed by atoms with E-state index in [0.717, 1.165) is 63.5 Å². The molecule has 148 valence electrons. The normalized spacial score (nSPS) is 27.4. The molecule has 1 saturated carbocycles. The smallest absolute Gasteiger partial charge is 0.316 e. The molecule has 2 saturated heterocycles. The Hall–Kier alpha value is -1.69. The summed E-state index contributed by atoms with van der Waals surface area (Å²) in [5.74, 6) is 1.15. The first-order chi connectivity index (χ1) is 13.2. The summed E-state index contributed by atoms with van der Waals surface area (Å²) in [6, 6.07) is 0.400. The van der Waals surface area contributed by atoms with Crippen molar-refractivity contribution in [3.8, 4) is 6.01 Å². The minimum absolute atomic E-state index is 0.153. The molecule has 3 fully saturated rings. The van der Waals surface area contributed by atoms with Crippen molar-refractivity contribution in [2.45, 2.75) is 57.9 Å². The summed E-state index contributed by atoms with van der Waals surface area (Å²) < 4.78 is 5.03. The van der Waals surface area contributed by atoms with Crippen LogP contribution in [0.2, 0.25) is 0 Å². The Morgan fingerprint density at radius 1 is 1.11 bits per heavy atom. The van der Waals surface area contributed by atoms with E-state index in [9.17, 15) is 4.79 Å². The predicted octanol–water partition coefficient (Wildman–Crippen LogP) is 2.88. The molecule has 0 aromatic carbocycles. The van der Waals surface area contributed by atoms with Crippen LogP contribution in [-0.4, -0.2) is 59.0 Å². The molecule has 3 aliphatic rings. The van der Waals surface area contributed by atoms with Crippen LogP contribution < -0.4 is 4.74 Å². The fourth-order valence-corrected chi connectivity index (χ4v) is 5.27. The summed E-state index contributed by atoms with van der Waals surface area (Å²) in [6.45, 7) is 4.62. The molecular formula is C21H32N4O2. The van der Waals surface area contributed by atoms with Gasteiger partial charge in [-0.2, -0.15) is 0 Å². The molecule has 0 radical (unpaired) electrons. The second kappa shape index (κ2) is 8.13. The molecule has 1 aromatic rings. The topological polar surface area (TPSA) is 58.6 Å². The summed E-state index contributed by atoms with van der Waals surface area (Å²) in [7, 11) is 1.58. The van der Waals surface area contributed by atoms with E-state index in [4.69, 9.17) is 4.74 Å². The molecule has 1 unspecified atom stereocenters. The molecule has 6 heteroatoms. The van der Waals surface area contributed by atoms with Crippen LogP contribution in [0, 0.1) is 11.3 Å². The fraction of sp³-hybridized carbons (Fsp3) is 0.762. The van der Waals surface area contributed by atoms with Crippen molar-refractivity contribution in [1.29, 1.82) is 0 Å². The van der Waals surface area contributed by atoms with Crippen LogP contribution in [0.4, 0.5) is 0 Å². The minimum Gasteiger partial charge on any atom is -0.467 e. The van der Waals surface area contributed by atoms with Gasteiger partial charge in [0.1, 0.15) is 0 Å². The number of hydrogen-bond acceptors (Lipinski definition) is 5. The van der Waals surface area contributed by atoms with E-state index < -0.39 is 0 Å². The van der Waals surface area contributed by atoms with Crippen LogP contribution in [-0.2, 0) is 11.3 Å². The van der Waals surface area contributed by atoms with Gasteiger partial charge in [-0.3, -0.25) is 9.69 Å². The fourth-order valence-electron chi connectivity index (χ4n) is 5.27. The largest absolute Gasteiger partial charge is 0.467 e. The molecule has 0 N–H and O–H groups in total. The van der Waals surface area contributed by atoms with E-state index >= 15 is 0 Å². The molecule has 27 heavy (non-hydrogen) atoms. The molecule has 4 rings (SSSR count). The van der Waals surface area contributed by atoms with E-state index in [1.54, 1.807) is 7.11 Å². The van der Waals surface area contributed by atoms with Crippen LogP contribution in [0.25, 0.3) is 0 Å². The first-order valence-electron chi connectivity index (χ1n) is 10.6. The van der Waals surface area contributed by atoms with Gasteiger partial charge >= 0.3 is 6.01 Å². The van der Waals surface area contributed by atoms with E-state index in [1.807, 2.05) is 12.4 Å². The number of likely N-dealkylation sites (tertiary alicyclic amines) is 2. The van der Waals surface area contributed by atoms with E-state index in [0.29, 0.717) is 11.9 Å². The Morgan fingerprint density at radius 3 is 2.63 bits per heavy atom. The highest BCUT2D eigenvalue weighted by molar-refractivity contribution is 5.84. The highest BCUT2D eigenvalue weighted by Crippen LogP contribution is 2.41. The second-order valence-corrected chi connectivity index (χ2v) is 8.68. The summed E-state index contributed by atoms with van der Waals surface area (Å²) in [4.78, 5) is 26.4. The molecule has 1 aliphatic carbocycles.